The molecule has 0 N–H and O–H groups in total. The highest BCUT2D eigenvalue weighted by Crippen LogP contribution is 2.24. The van der Waals surface area contributed by atoms with Crippen molar-refractivity contribution in [3.63, 3.8) is 0 Å². The number of aryl methyl sites for hydroxylation is 1. The number of hydrogen-bond donors (Lipinski definition) is 0. The fraction of sp³-hybridized carbons (Fsp3) is 0.333. The molecular weight excluding hydrogens is 304 g/mol. The number of hydrogen-bond acceptors (Lipinski definition) is 4. The van der Waals surface area contributed by atoms with Crippen LogP contribution in [-0.4, -0.2) is 26.7 Å². The highest BCUT2D eigenvalue weighted by atomic mass is 32.1. The summed E-state index contributed by atoms with van der Waals surface area (Å²) in [5, 5.41) is 7.57. The third kappa shape index (κ3) is 4.06. The van der Waals surface area contributed by atoms with E-state index < -0.39 is 0 Å². The molecule has 2 aromatic heterocycles. The van der Waals surface area contributed by atoms with Crippen molar-refractivity contribution in [3.8, 4) is 0 Å². The first kappa shape index (κ1) is 15.9. The van der Waals surface area contributed by atoms with Gasteiger partial charge in [0.1, 0.15) is 5.01 Å². The van der Waals surface area contributed by atoms with Crippen molar-refractivity contribution in [2.24, 2.45) is 0 Å². The topological polar surface area (TPSA) is 34.0 Å². The summed E-state index contributed by atoms with van der Waals surface area (Å²) in [7, 11) is 2.15. The molecule has 0 amide bonds. The van der Waals surface area contributed by atoms with Gasteiger partial charge in [-0.25, -0.2) is 4.98 Å². The molecule has 5 heteroatoms. The van der Waals surface area contributed by atoms with Crippen LogP contribution >= 0.6 is 11.3 Å². The minimum atomic E-state index is 0.323. The highest BCUT2D eigenvalue weighted by Gasteiger charge is 2.15. The summed E-state index contributed by atoms with van der Waals surface area (Å²) in [6.45, 7) is 5.98. The summed E-state index contributed by atoms with van der Waals surface area (Å²) >= 11 is 1.74. The van der Waals surface area contributed by atoms with Crippen molar-refractivity contribution in [2.75, 3.05) is 7.05 Å². The van der Waals surface area contributed by atoms with Crippen LogP contribution in [0.15, 0.2) is 48.1 Å². The quantitative estimate of drug-likeness (QED) is 0.689. The summed E-state index contributed by atoms with van der Waals surface area (Å²) in [5.41, 5.74) is 3.70. The maximum atomic E-state index is 4.61. The Morgan fingerprint density at radius 2 is 2.09 bits per heavy atom. The van der Waals surface area contributed by atoms with E-state index in [1.165, 1.54) is 16.1 Å². The van der Waals surface area contributed by atoms with Gasteiger partial charge in [0.05, 0.1) is 12.6 Å². The van der Waals surface area contributed by atoms with E-state index in [2.05, 4.69) is 58.6 Å². The molecule has 0 spiro atoms. The predicted octanol–water partition coefficient (Wildman–Crippen LogP) is 3.89. The molecule has 3 aromatic rings. The lowest BCUT2D eigenvalue weighted by Crippen LogP contribution is -2.22. The predicted molar refractivity (Wildman–Crippen MR) is 94.5 cm³/mol. The van der Waals surface area contributed by atoms with Crippen LogP contribution in [0.25, 0.3) is 0 Å². The minimum Gasteiger partial charge on any atom is -0.293 e. The summed E-state index contributed by atoms with van der Waals surface area (Å²) in [6.07, 6.45) is 3.81. The minimum absolute atomic E-state index is 0.323. The molecule has 0 aliphatic heterocycles. The lowest BCUT2D eigenvalue weighted by Gasteiger charge is -2.23. The number of aromatic nitrogens is 3. The normalized spacial score (nSPS) is 12.7. The fourth-order valence-corrected chi connectivity index (χ4v) is 3.50. The lowest BCUT2D eigenvalue weighted by molar-refractivity contribution is 0.252. The highest BCUT2D eigenvalue weighted by molar-refractivity contribution is 7.09. The molecule has 0 aliphatic carbocycles. The molecule has 2 heterocycles. The molecular formula is C18H22N4S. The SMILES string of the molecule is Cc1csc([C@H](C)N(C)Cc2cccc(Cn3cccn3)c2)n1. The van der Waals surface area contributed by atoms with E-state index in [0.29, 0.717) is 6.04 Å². The molecule has 0 radical (unpaired) electrons. The van der Waals surface area contributed by atoms with E-state index in [-0.39, 0.29) is 0 Å². The molecule has 0 unspecified atom stereocenters. The van der Waals surface area contributed by atoms with Crippen molar-refractivity contribution < 1.29 is 0 Å². The van der Waals surface area contributed by atoms with Gasteiger partial charge in [0.2, 0.25) is 0 Å². The first-order valence-corrected chi connectivity index (χ1v) is 8.67. The standard InChI is InChI=1S/C18H22N4S/c1-14-13-23-18(20-14)15(2)21(3)11-16-6-4-7-17(10-16)12-22-9-5-8-19-22/h4-10,13,15H,11-12H2,1-3H3/t15-/m0/s1. The van der Waals surface area contributed by atoms with Crippen molar-refractivity contribution in [3.05, 3.63) is 69.9 Å². The molecule has 0 saturated heterocycles. The summed E-state index contributed by atoms with van der Waals surface area (Å²) in [4.78, 5) is 6.94. The van der Waals surface area contributed by atoms with Gasteiger partial charge in [-0.3, -0.25) is 9.58 Å². The second-order valence-electron chi connectivity index (χ2n) is 5.94. The average molecular weight is 326 g/mol. The van der Waals surface area contributed by atoms with E-state index in [0.717, 1.165) is 18.8 Å². The molecule has 23 heavy (non-hydrogen) atoms. The zero-order chi connectivity index (χ0) is 16.2. The third-order valence-electron chi connectivity index (χ3n) is 3.98. The van der Waals surface area contributed by atoms with Crippen molar-refractivity contribution in [2.45, 2.75) is 33.0 Å². The molecule has 0 fully saturated rings. The smallest absolute Gasteiger partial charge is 0.110 e. The van der Waals surface area contributed by atoms with Gasteiger partial charge >= 0.3 is 0 Å². The van der Waals surface area contributed by atoms with Gasteiger partial charge in [-0.05, 0) is 38.1 Å². The first-order valence-electron chi connectivity index (χ1n) is 7.79. The molecule has 0 saturated carbocycles. The van der Waals surface area contributed by atoms with Crippen LogP contribution in [0.1, 0.15) is 34.8 Å². The Hall–Kier alpha value is -1.98. The lowest BCUT2D eigenvalue weighted by atomic mass is 10.1. The van der Waals surface area contributed by atoms with Gasteiger partial charge in [-0.2, -0.15) is 5.10 Å². The molecule has 4 nitrogen and oxygen atoms in total. The summed E-state index contributed by atoms with van der Waals surface area (Å²) < 4.78 is 1.95. The monoisotopic (exact) mass is 326 g/mol. The Kier molecular flexibility index (Phi) is 4.88. The number of nitrogens with zero attached hydrogens (tertiary/aromatic N) is 4. The Bertz CT molecular complexity index is 748. The molecule has 0 aliphatic rings. The van der Waals surface area contributed by atoms with Crippen LogP contribution in [0.2, 0.25) is 0 Å². The van der Waals surface area contributed by atoms with Crippen molar-refractivity contribution in [1.82, 2.24) is 19.7 Å². The summed E-state index contributed by atoms with van der Waals surface area (Å²) in [6, 6.07) is 11.0. The van der Waals surface area contributed by atoms with E-state index in [1.807, 2.05) is 30.1 Å². The van der Waals surface area contributed by atoms with E-state index in [1.54, 1.807) is 11.3 Å². The number of rotatable bonds is 6. The van der Waals surface area contributed by atoms with Gasteiger partial charge in [0.25, 0.3) is 0 Å². The van der Waals surface area contributed by atoms with Crippen LogP contribution in [0.3, 0.4) is 0 Å². The second kappa shape index (κ2) is 7.06. The van der Waals surface area contributed by atoms with Gasteiger partial charge in [0.15, 0.2) is 0 Å². The molecule has 1 atom stereocenters. The third-order valence-corrected chi connectivity index (χ3v) is 5.12. The largest absolute Gasteiger partial charge is 0.293 e. The van der Waals surface area contributed by atoms with Gasteiger partial charge in [-0.1, -0.05) is 24.3 Å². The zero-order valence-electron chi connectivity index (χ0n) is 13.8. The maximum absolute atomic E-state index is 4.61. The van der Waals surface area contributed by atoms with Crippen LogP contribution in [-0.2, 0) is 13.1 Å². The Balaban J connectivity index is 1.67. The molecule has 3 rings (SSSR count). The summed E-state index contributed by atoms with van der Waals surface area (Å²) in [5.74, 6) is 0. The van der Waals surface area contributed by atoms with Crippen LogP contribution < -0.4 is 0 Å². The maximum Gasteiger partial charge on any atom is 0.110 e. The zero-order valence-corrected chi connectivity index (χ0v) is 14.6. The van der Waals surface area contributed by atoms with Crippen LogP contribution in [0.5, 0.6) is 0 Å². The molecule has 0 bridgehead atoms. The van der Waals surface area contributed by atoms with E-state index in [9.17, 15) is 0 Å². The van der Waals surface area contributed by atoms with Gasteiger partial charge < -0.3 is 0 Å². The average Bonchev–Trinajstić information content (AvgIpc) is 3.18. The van der Waals surface area contributed by atoms with Crippen molar-refractivity contribution >= 4 is 11.3 Å². The molecule has 1 aromatic carbocycles. The van der Waals surface area contributed by atoms with Gasteiger partial charge in [-0.15, -0.1) is 11.3 Å². The fourth-order valence-electron chi connectivity index (χ4n) is 2.58. The van der Waals surface area contributed by atoms with Crippen LogP contribution in [0, 0.1) is 6.92 Å². The van der Waals surface area contributed by atoms with E-state index in [4.69, 9.17) is 0 Å². The van der Waals surface area contributed by atoms with Crippen molar-refractivity contribution in [1.29, 1.82) is 0 Å². The second-order valence-corrected chi connectivity index (χ2v) is 6.83. The Labute approximate surface area is 141 Å². The van der Waals surface area contributed by atoms with Gasteiger partial charge in [0, 0.05) is 30.0 Å². The number of benzene rings is 1. The number of thiazole rings is 1. The van der Waals surface area contributed by atoms with E-state index >= 15 is 0 Å². The first-order chi connectivity index (χ1) is 11.1. The van der Waals surface area contributed by atoms with Crippen LogP contribution in [0.4, 0.5) is 0 Å². The Morgan fingerprint density at radius 3 is 2.78 bits per heavy atom. The molecule has 120 valence electrons. The Morgan fingerprint density at radius 1 is 1.26 bits per heavy atom.